The van der Waals surface area contributed by atoms with E-state index in [-0.39, 0.29) is 5.91 Å². The van der Waals surface area contributed by atoms with Crippen molar-refractivity contribution in [2.45, 2.75) is 6.92 Å². The maximum absolute atomic E-state index is 12.2. The Balaban J connectivity index is 2.24. The monoisotopic (exact) mass is 264 g/mol. The van der Waals surface area contributed by atoms with Gasteiger partial charge in [0.1, 0.15) is 0 Å². The quantitative estimate of drug-likeness (QED) is 0.819. The van der Waals surface area contributed by atoms with Crippen molar-refractivity contribution in [3.63, 3.8) is 0 Å². The van der Waals surface area contributed by atoms with Crippen LogP contribution in [0.15, 0.2) is 48.5 Å². The van der Waals surface area contributed by atoms with Crippen LogP contribution in [0.25, 0.3) is 0 Å². The number of hydrogen-bond donors (Lipinski definition) is 2. The van der Waals surface area contributed by atoms with E-state index in [2.05, 4.69) is 17.2 Å². The molecule has 0 saturated carbocycles. The van der Waals surface area contributed by atoms with Crippen LogP contribution < -0.4 is 11.1 Å². The highest BCUT2D eigenvalue weighted by Crippen LogP contribution is 2.15. The maximum Gasteiger partial charge on any atom is 0.255 e. The molecule has 0 radical (unpaired) electrons. The smallest absolute Gasteiger partial charge is 0.255 e. The molecule has 2 rings (SSSR count). The van der Waals surface area contributed by atoms with Crippen LogP contribution in [0.4, 0.5) is 5.69 Å². The van der Waals surface area contributed by atoms with Gasteiger partial charge in [0.15, 0.2) is 0 Å². The third-order valence-electron chi connectivity index (χ3n) is 2.78. The van der Waals surface area contributed by atoms with E-state index >= 15 is 0 Å². The fraction of sp³-hybridized carbons (Fsp3) is 0.118. The molecule has 0 unspecified atom stereocenters. The lowest BCUT2D eigenvalue weighted by molar-refractivity contribution is 0.102. The van der Waals surface area contributed by atoms with E-state index < -0.39 is 0 Å². The zero-order chi connectivity index (χ0) is 14.4. The molecule has 2 aromatic carbocycles. The minimum atomic E-state index is -0.143. The molecule has 100 valence electrons. The second-order valence-electron chi connectivity index (χ2n) is 4.38. The number of nitrogens with one attached hydrogen (secondary N) is 1. The summed E-state index contributed by atoms with van der Waals surface area (Å²) in [5, 5.41) is 2.88. The van der Waals surface area contributed by atoms with Crippen LogP contribution in [0, 0.1) is 18.8 Å². The summed E-state index contributed by atoms with van der Waals surface area (Å²) < 4.78 is 0. The predicted octanol–water partition coefficient (Wildman–Crippen LogP) is 2.56. The van der Waals surface area contributed by atoms with Crippen molar-refractivity contribution in [3.05, 3.63) is 65.2 Å². The summed E-state index contributed by atoms with van der Waals surface area (Å²) in [5.74, 6) is 5.60. The van der Waals surface area contributed by atoms with E-state index in [9.17, 15) is 4.79 Å². The van der Waals surface area contributed by atoms with E-state index in [4.69, 9.17) is 5.73 Å². The number of anilines is 1. The Labute approximate surface area is 118 Å². The van der Waals surface area contributed by atoms with E-state index in [1.54, 1.807) is 6.07 Å². The van der Waals surface area contributed by atoms with Crippen molar-refractivity contribution in [1.29, 1.82) is 0 Å². The minimum absolute atomic E-state index is 0.143. The van der Waals surface area contributed by atoms with Gasteiger partial charge >= 0.3 is 0 Å². The number of rotatable bonds is 2. The summed E-state index contributed by atoms with van der Waals surface area (Å²) >= 11 is 0. The topological polar surface area (TPSA) is 55.1 Å². The van der Waals surface area contributed by atoms with Crippen LogP contribution >= 0.6 is 0 Å². The molecule has 0 spiro atoms. The van der Waals surface area contributed by atoms with Gasteiger partial charge in [0.05, 0.1) is 12.2 Å². The summed E-state index contributed by atoms with van der Waals surface area (Å²) in [7, 11) is 0. The minimum Gasteiger partial charge on any atom is -0.321 e. The van der Waals surface area contributed by atoms with Gasteiger partial charge in [-0.15, -0.1) is 0 Å². The van der Waals surface area contributed by atoms with Crippen molar-refractivity contribution in [2.75, 3.05) is 11.9 Å². The van der Waals surface area contributed by atoms with Gasteiger partial charge in [0.25, 0.3) is 5.91 Å². The summed E-state index contributed by atoms with van der Waals surface area (Å²) in [4.78, 5) is 12.2. The lowest BCUT2D eigenvalue weighted by atomic mass is 10.1. The van der Waals surface area contributed by atoms with Crippen LogP contribution in [0.2, 0.25) is 0 Å². The first kappa shape index (κ1) is 13.9. The third kappa shape index (κ3) is 3.47. The number of nitrogens with two attached hydrogens (primary N) is 1. The molecule has 3 nitrogen and oxygen atoms in total. The van der Waals surface area contributed by atoms with Gasteiger partial charge in [-0.3, -0.25) is 4.79 Å². The zero-order valence-corrected chi connectivity index (χ0v) is 11.3. The Morgan fingerprint density at radius 1 is 1.20 bits per heavy atom. The lowest BCUT2D eigenvalue weighted by Gasteiger charge is -2.08. The van der Waals surface area contributed by atoms with Gasteiger partial charge in [-0.1, -0.05) is 41.7 Å². The largest absolute Gasteiger partial charge is 0.321 e. The van der Waals surface area contributed by atoms with E-state index in [1.807, 2.05) is 49.4 Å². The van der Waals surface area contributed by atoms with Crippen molar-refractivity contribution in [2.24, 2.45) is 5.73 Å². The van der Waals surface area contributed by atoms with Crippen LogP contribution in [0.3, 0.4) is 0 Å². The molecule has 20 heavy (non-hydrogen) atoms. The molecule has 0 atom stereocenters. The Kier molecular flexibility index (Phi) is 4.54. The summed E-state index contributed by atoms with van der Waals surface area (Å²) in [6.07, 6.45) is 0. The number of carbonyl (C=O) groups excluding carboxylic acids is 1. The lowest BCUT2D eigenvalue weighted by Crippen LogP contribution is -2.12. The number of para-hydroxylation sites is 1. The average Bonchev–Trinajstić information content (AvgIpc) is 2.46. The molecule has 1 amide bonds. The Morgan fingerprint density at radius 3 is 2.75 bits per heavy atom. The summed E-state index contributed by atoms with van der Waals surface area (Å²) in [5.41, 5.74) is 8.51. The summed E-state index contributed by atoms with van der Waals surface area (Å²) in [6, 6.07) is 14.9. The molecule has 0 aromatic heterocycles. The number of hydrogen-bond acceptors (Lipinski definition) is 2. The van der Waals surface area contributed by atoms with Crippen molar-refractivity contribution in [3.8, 4) is 11.8 Å². The maximum atomic E-state index is 12.2. The van der Waals surface area contributed by atoms with Gasteiger partial charge in [-0.05, 0) is 31.2 Å². The number of benzene rings is 2. The van der Waals surface area contributed by atoms with Gasteiger partial charge in [0, 0.05) is 11.1 Å². The second-order valence-corrected chi connectivity index (χ2v) is 4.38. The van der Waals surface area contributed by atoms with Crippen LogP contribution in [-0.4, -0.2) is 12.5 Å². The molecular formula is C17H16N2O. The molecular weight excluding hydrogens is 248 g/mol. The molecule has 0 saturated heterocycles. The Hall–Kier alpha value is -2.57. The molecule has 2 aromatic rings. The highest BCUT2D eigenvalue weighted by atomic mass is 16.1. The first-order valence-electron chi connectivity index (χ1n) is 6.36. The standard InChI is InChI=1S/C17H16N2O/c1-13-6-4-8-15(12-13)17(20)19-16-10-3-2-7-14(16)9-5-11-18/h2-4,6-8,10,12H,11,18H2,1H3,(H,19,20). The van der Waals surface area contributed by atoms with Gasteiger partial charge < -0.3 is 11.1 Å². The molecule has 0 heterocycles. The van der Waals surface area contributed by atoms with Crippen LogP contribution in [0.1, 0.15) is 21.5 Å². The molecule has 3 N–H and O–H groups in total. The number of carbonyl (C=O) groups is 1. The fourth-order valence-corrected chi connectivity index (χ4v) is 1.83. The van der Waals surface area contributed by atoms with Crippen molar-refractivity contribution in [1.82, 2.24) is 0 Å². The van der Waals surface area contributed by atoms with Crippen molar-refractivity contribution < 1.29 is 4.79 Å². The molecule has 0 aliphatic heterocycles. The predicted molar refractivity (Wildman–Crippen MR) is 81.5 cm³/mol. The van der Waals surface area contributed by atoms with Gasteiger partial charge in [0.2, 0.25) is 0 Å². The third-order valence-corrected chi connectivity index (χ3v) is 2.78. The highest BCUT2D eigenvalue weighted by Gasteiger charge is 2.07. The van der Waals surface area contributed by atoms with Gasteiger partial charge in [-0.2, -0.15) is 0 Å². The molecule has 0 aliphatic rings. The van der Waals surface area contributed by atoms with E-state index in [1.165, 1.54) is 0 Å². The Morgan fingerprint density at radius 2 is 2.00 bits per heavy atom. The molecule has 0 bridgehead atoms. The fourth-order valence-electron chi connectivity index (χ4n) is 1.83. The zero-order valence-electron chi connectivity index (χ0n) is 11.3. The van der Waals surface area contributed by atoms with Crippen molar-refractivity contribution >= 4 is 11.6 Å². The number of amides is 1. The normalized spacial score (nSPS) is 9.50. The first-order chi connectivity index (χ1) is 9.70. The Bertz CT molecular complexity index is 681. The molecule has 0 fully saturated rings. The van der Waals surface area contributed by atoms with Crippen LogP contribution in [0.5, 0.6) is 0 Å². The molecule has 3 heteroatoms. The average molecular weight is 264 g/mol. The highest BCUT2D eigenvalue weighted by molar-refractivity contribution is 6.05. The first-order valence-corrected chi connectivity index (χ1v) is 6.36. The summed E-state index contributed by atoms with van der Waals surface area (Å²) in [6.45, 7) is 2.25. The molecule has 0 aliphatic carbocycles. The number of aryl methyl sites for hydroxylation is 1. The van der Waals surface area contributed by atoms with Crippen LogP contribution in [-0.2, 0) is 0 Å². The van der Waals surface area contributed by atoms with E-state index in [0.29, 0.717) is 17.8 Å². The van der Waals surface area contributed by atoms with E-state index in [0.717, 1.165) is 11.1 Å². The SMILES string of the molecule is Cc1cccc(C(=O)Nc2ccccc2C#CCN)c1. The second kappa shape index (κ2) is 6.55. The van der Waals surface area contributed by atoms with Gasteiger partial charge in [-0.25, -0.2) is 0 Å².